The van der Waals surface area contributed by atoms with E-state index >= 15 is 0 Å². The van der Waals surface area contributed by atoms with Crippen molar-refractivity contribution in [1.82, 2.24) is 14.5 Å². The number of nitrogens with zero attached hydrogens (tertiary/aromatic N) is 2. The number of fused-ring (bicyclic) bond motifs is 1. The Morgan fingerprint density at radius 3 is 2.67 bits per heavy atom. The third-order valence-corrected chi connectivity index (χ3v) is 5.27. The molecule has 0 bridgehead atoms. The Morgan fingerprint density at radius 2 is 1.89 bits per heavy atom. The summed E-state index contributed by atoms with van der Waals surface area (Å²) in [6.07, 6.45) is 2.85. The molecular formula is C22H20ClN3O. The molecule has 0 saturated carbocycles. The molecule has 0 fully saturated rings. The van der Waals surface area contributed by atoms with E-state index in [1.165, 1.54) is 5.56 Å². The van der Waals surface area contributed by atoms with Crippen LogP contribution in [-0.2, 0) is 13.0 Å². The van der Waals surface area contributed by atoms with Gasteiger partial charge in [0.2, 0.25) is 0 Å². The molecule has 4 rings (SSSR count). The summed E-state index contributed by atoms with van der Waals surface area (Å²) in [4.78, 5) is 20.1. The van der Waals surface area contributed by atoms with Gasteiger partial charge in [-0.05, 0) is 49.6 Å². The highest BCUT2D eigenvalue weighted by atomic mass is 35.5. The van der Waals surface area contributed by atoms with Crippen LogP contribution < -0.4 is 5.56 Å². The van der Waals surface area contributed by atoms with Crippen molar-refractivity contribution in [3.8, 4) is 11.1 Å². The summed E-state index contributed by atoms with van der Waals surface area (Å²) in [6, 6.07) is 15.6. The van der Waals surface area contributed by atoms with Gasteiger partial charge in [-0.25, -0.2) is 0 Å². The minimum Gasteiger partial charge on any atom is -0.361 e. The second kappa shape index (κ2) is 7.05. The number of benzene rings is 2. The third kappa shape index (κ3) is 3.28. The van der Waals surface area contributed by atoms with Crippen LogP contribution in [0.15, 0.2) is 59.5 Å². The molecule has 4 aromatic rings. The van der Waals surface area contributed by atoms with Crippen molar-refractivity contribution in [1.29, 1.82) is 0 Å². The monoisotopic (exact) mass is 377 g/mol. The lowest BCUT2D eigenvalue weighted by Crippen LogP contribution is -2.21. The Hall–Kier alpha value is -2.85. The molecule has 2 aromatic heterocycles. The summed E-state index contributed by atoms with van der Waals surface area (Å²) in [5, 5.41) is 1.86. The molecule has 0 spiro atoms. The normalized spacial score (nSPS) is 11.2. The Labute approximate surface area is 162 Å². The fraction of sp³-hybridized carbons (Fsp3) is 0.182. The molecule has 0 saturated heterocycles. The Balaban J connectivity index is 1.72. The van der Waals surface area contributed by atoms with Crippen LogP contribution in [0.3, 0.4) is 0 Å². The molecule has 27 heavy (non-hydrogen) atoms. The maximum absolute atomic E-state index is 12.5. The van der Waals surface area contributed by atoms with Gasteiger partial charge in [0.25, 0.3) is 5.56 Å². The van der Waals surface area contributed by atoms with Gasteiger partial charge in [0.1, 0.15) is 5.82 Å². The lowest BCUT2D eigenvalue weighted by atomic mass is 10.1. The number of halogens is 1. The van der Waals surface area contributed by atoms with Crippen LogP contribution in [0, 0.1) is 13.8 Å². The number of hydrogen-bond acceptors (Lipinski definition) is 2. The second-order valence-electron chi connectivity index (χ2n) is 6.70. The zero-order chi connectivity index (χ0) is 19.0. The number of nitrogens with one attached hydrogen (secondary N) is 1. The Kier molecular flexibility index (Phi) is 4.58. The molecule has 0 atom stereocenters. The number of aromatic amines is 1. The van der Waals surface area contributed by atoms with Crippen LogP contribution in [-0.4, -0.2) is 14.5 Å². The lowest BCUT2D eigenvalue weighted by Gasteiger charge is -2.17. The highest BCUT2D eigenvalue weighted by Crippen LogP contribution is 2.24. The number of rotatable bonds is 4. The van der Waals surface area contributed by atoms with E-state index in [0.717, 1.165) is 46.0 Å². The van der Waals surface area contributed by atoms with Gasteiger partial charge in [-0.15, -0.1) is 0 Å². The summed E-state index contributed by atoms with van der Waals surface area (Å²) in [7, 11) is 0. The van der Waals surface area contributed by atoms with Gasteiger partial charge < -0.3 is 9.55 Å². The molecule has 2 heterocycles. The zero-order valence-corrected chi connectivity index (χ0v) is 16.0. The smallest absolute Gasteiger partial charge is 0.281 e. The highest BCUT2D eigenvalue weighted by molar-refractivity contribution is 6.31. The van der Waals surface area contributed by atoms with Crippen molar-refractivity contribution in [3.63, 3.8) is 0 Å². The molecule has 0 aliphatic rings. The van der Waals surface area contributed by atoms with Crippen LogP contribution in [0.25, 0.3) is 22.0 Å². The minimum absolute atomic E-state index is 0.175. The van der Waals surface area contributed by atoms with Crippen molar-refractivity contribution in [2.24, 2.45) is 0 Å². The van der Waals surface area contributed by atoms with Gasteiger partial charge in [-0.1, -0.05) is 41.9 Å². The van der Waals surface area contributed by atoms with E-state index in [-0.39, 0.29) is 5.56 Å². The van der Waals surface area contributed by atoms with Crippen molar-refractivity contribution in [2.75, 3.05) is 0 Å². The minimum atomic E-state index is -0.175. The fourth-order valence-corrected chi connectivity index (χ4v) is 3.82. The third-order valence-electron chi connectivity index (χ3n) is 5.03. The zero-order valence-electron chi connectivity index (χ0n) is 15.3. The molecule has 1 N–H and O–H groups in total. The molecule has 2 aromatic carbocycles. The quantitative estimate of drug-likeness (QED) is 0.549. The van der Waals surface area contributed by atoms with Gasteiger partial charge in [-0.3, -0.25) is 4.79 Å². The first kappa shape index (κ1) is 17.6. The van der Waals surface area contributed by atoms with Gasteiger partial charge in [-0.2, -0.15) is 4.98 Å². The molecule has 0 aliphatic heterocycles. The molecular weight excluding hydrogens is 358 g/mol. The van der Waals surface area contributed by atoms with Crippen LogP contribution in [0.4, 0.5) is 0 Å². The average Bonchev–Trinajstić information content (AvgIpc) is 3.04. The van der Waals surface area contributed by atoms with Crippen molar-refractivity contribution >= 4 is 22.5 Å². The predicted octanol–water partition coefficient (Wildman–Crippen LogP) is 4.90. The molecule has 4 nitrogen and oxygen atoms in total. The van der Waals surface area contributed by atoms with E-state index in [2.05, 4.69) is 14.5 Å². The van der Waals surface area contributed by atoms with Crippen LogP contribution in [0.5, 0.6) is 0 Å². The van der Waals surface area contributed by atoms with Crippen molar-refractivity contribution in [3.05, 3.63) is 87.2 Å². The lowest BCUT2D eigenvalue weighted by molar-refractivity contribution is 0.631. The largest absolute Gasteiger partial charge is 0.361 e. The van der Waals surface area contributed by atoms with Crippen LogP contribution in [0.2, 0.25) is 5.02 Å². The summed E-state index contributed by atoms with van der Waals surface area (Å²) in [5.74, 6) is 0.732. The van der Waals surface area contributed by atoms with Gasteiger partial charge in [0.05, 0.1) is 5.56 Å². The number of aryl methyl sites for hydroxylation is 2. The highest BCUT2D eigenvalue weighted by Gasteiger charge is 2.14. The molecule has 0 aliphatic carbocycles. The Morgan fingerprint density at radius 1 is 1.11 bits per heavy atom. The molecule has 5 heteroatoms. The number of hydrogen-bond donors (Lipinski definition) is 1. The standard InChI is InChI=1S/C22H20ClN3O/c1-14-21(16-6-4-3-5-7-16)22(27)25-15(2)26(14)11-10-17-13-24-20-9-8-18(23)12-19(17)20/h3-9,12-13,24H,10-11H2,1-2H3. The number of H-pyrrole nitrogens is 1. The summed E-state index contributed by atoms with van der Waals surface area (Å²) >= 11 is 6.16. The maximum atomic E-state index is 12.5. The van der Waals surface area contributed by atoms with E-state index < -0.39 is 0 Å². The second-order valence-corrected chi connectivity index (χ2v) is 7.13. The van der Waals surface area contributed by atoms with E-state index in [1.54, 1.807) is 0 Å². The molecule has 0 unspecified atom stereocenters. The van der Waals surface area contributed by atoms with E-state index in [0.29, 0.717) is 5.56 Å². The molecule has 0 radical (unpaired) electrons. The summed E-state index contributed by atoms with van der Waals surface area (Å²) in [5.41, 5.74) is 4.61. The first-order valence-corrected chi connectivity index (χ1v) is 9.31. The van der Waals surface area contributed by atoms with Crippen molar-refractivity contribution in [2.45, 2.75) is 26.8 Å². The van der Waals surface area contributed by atoms with E-state index in [1.807, 2.05) is 68.6 Å². The fourth-order valence-electron chi connectivity index (χ4n) is 3.65. The summed E-state index contributed by atoms with van der Waals surface area (Å²) in [6.45, 7) is 4.62. The maximum Gasteiger partial charge on any atom is 0.281 e. The predicted molar refractivity (Wildman–Crippen MR) is 110 cm³/mol. The van der Waals surface area contributed by atoms with Crippen molar-refractivity contribution < 1.29 is 0 Å². The van der Waals surface area contributed by atoms with Gasteiger partial charge in [0, 0.05) is 34.4 Å². The molecule has 0 amide bonds. The Bertz CT molecular complexity index is 1180. The van der Waals surface area contributed by atoms with Gasteiger partial charge in [0.15, 0.2) is 0 Å². The van der Waals surface area contributed by atoms with Crippen LogP contribution in [0.1, 0.15) is 17.1 Å². The average molecular weight is 378 g/mol. The summed E-state index contributed by atoms with van der Waals surface area (Å²) < 4.78 is 2.12. The van der Waals surface area contributed by atoms with E-state index in [9.17, 15) is 4.79 Å². The first-order chi connectivity index (χ1) is 13.0. The van der Waals surface area contributed by atoms with E-state index in [4.69, 9.17) is 11.6 Å². The topological polar surface area (TPSA) is 50.7 Å². The first-order valence-electron chi connectivity index (χ1n) is 8.93. The van der Waals surface area contributed by atoms with Gasteiger partial charge >= 0.3 is 0 Å². The van der Waals surface area contributed by atoms with Crippen LogP contribution >= 0.6 is 11.6 Å². The molecule has 136 valence electrons. The SMILES string of the molecule is Cc1nc(=O)c(-c2ccccc2)c(C)n1CCc1c[nH]c2ccc(Cl)cc12. The number of aromatic nitrogens is 3.